The standard InChI is InChI=1S/C19H28O2/c1-3-5-6-15-7-12-18(19(20)14-15)16-8-10-17(11-9-16)21-13-4-2/h8-11,15,18H,3-7,12-14H2,1-2H3/t15-,18+/m0/s1. The smallest absolute Gasteiger partial charge is 0.140 e. The summed E-state index contributed by atoms with van der Waals surface area (Å²) in [6, 6.07) is 8.14. The largest absolute Gasteiger partial charge is 0.494 e. The van der Waals surface area contributed by atoms with Gasteiger partial charge in [-0.3, -0.25) is 4.79 Å². The van der Waals surface area contributed by atoms with Crippen molar-refractivity contribution >= 4 is 5.78 Å². The summed E-state index contributed by atoms with van der Waals surface area (Å²) in [5.41, 5.74) is 1.16. The highest BCUT2D eigenvalue weighted by molar-refractivity contribution is 5.86. The van der Waals surface area contributed by atoms with Crippen LogP contribution in [0.3, 0.4) is 0 Å². The predicted molar refractivity (Wildman–Crippen MR) is 86.8 cm³/mol. The minimum atomic E-state index is 0.114. The van der Waals surface area contributed by atoms with E-state index < -0.39 is 0 Å². The Balaban J connectivity index is 1.91. The molecule has 0 spiro atoms. The second kappa shape index (κ2) is 8.21. The monoisotopic (exact) mass is 288 g/mol. The van der Waals surface area contributed by atoms with Crippen LogP contribution in [0.4, 0.5) is 0 Å². The normalized spacial score (nSPS) is 22.3. The van der Waals surface area contributed by atoms with Gasteiger partial charge in [-0.25, -0.2) is 0 Å². The summed E-state index contributed by atoms with van der Waals surface area (Å²) in [5.74, 6) is 2.08. The van der Waals surface area contributed by atoms with Gasteiger partial charge in [0.2, 0.25) is 0 Å². The lowest BCUT2D eigenvalue weighted by Gasteiger charge is -2.27. The van der Waals surface area contributed by atoms with Gasteiger partial charge in [-0.2, -0.15) is 0 Å². The number of ketones is 1. The van der Waals surface area contributed by atoms with E-state index in [1.54, 1.807) is 0 Å². The molecule has 2 rings (SSSR count). The van der Waals surface area contributed by atoms with Crippen molar-refractivity contribution in [2.24, 2.45) is 5.92 Å². The van der Waals surface area contributed by atoms with Crippen LogP contribution in [-0.2, 0) is 4.79 Å². The third-order valence-corrected chi connectivity index (χ3v) is 4.46. The molecule has 1 fully saturated rings. The van der Waals surface area contributed by atoms with Gasteiger partial charge in [-0.1, -0.05) is 45.2 Å². The van der Waals surface area contributed by atoms with Gasteiger partial charge < -0.3 is 4.74 Å². The molecule has 0 unspecified atom stereocenters. The van der Waals surface area contributed by atoms with Crippen molar-refractivity contribution in [2.75, 3.05) is 6.61 Å². The molecule has 1 aromatic carbocycles. The Morgan fingerprint density at radius 1 is 1.10 bits per heavy atom. The van der Waals surface area contributed by atoms with E-state index in [0.717, 1.165) is 37.2 Å². The molecule has 0 aromatic heterocycles. The van der Waals surface area contributed by atoms with Crippen molar-refractivity contribution in [3.63, 3.8) is 0 Å². The van der Waals surface area contributed by atoms with E-state index in [-0.39, 0.29) is 5.92 Å². The zero-order valence-corrected chi connectivity index (χ0v) is 13.4. The summed E-state index contributed by atoms with van der Waals surface area (Å²) < 4.78 is 5.60. The van der Waals surface area contributed by atoms with Gasteiger partial charge in [-0.05, 0) is 42.9 Å². The zero-order valence-electron chi connectivity index (χ0n) is 13.4. The van der Waals surface area contributed by atoms with Crippen molar-refractivity contribution in [3.05, 3.63) is 29.8 Å². The fourth-order valence-corrected chi connectivity index (χ4v) is 3.20. The summed E-state index contributed by atoms with van der Waals surface area (Å²) in [6.45, 7) is 5.07. The molecular weight excluding hydrogens is 260 g/mol. The Bertz CT molecular complexity index is 435. The van der Waals surface area contributed by atoms with Crippen molar-refractivity contribution in [1.29, 1.82) is 0 Å². The predicted octanol–water partition coefficient (Wildman–Crippen LogP) is 5.12. The molecule has 116 valence electrons. The fourth-order valence-electron chi connectivity index (χ4n) is 3.20. The summed E-state index contributed by atoms with van der Waals surface area (Å²) in [4.78, 5) is 12.4. The fraction of sp³-hybridized carbons (Fsp3) is 0.632. The number of carbonyl (C=O) groups excluding carboxylic acids is 1. The number of unbranched alkanes of at least 4 members (excludes halogenated alkanes) is 1. The van der Waals surface area contributed by atoms with Gasteiger partial charge >= 0.3 is 0 Å². The Morgan fingerprint density at radius 2 is 1.86 bits per heavy atom. The van der Waals surface area contributed by atoms with Crippen molar-refractivity contribution in [3.8, 4) is 5.75 Å². The number of hydrogen-bond donors (Lipinski definition) is 0. The van der Waals surface area contributed by atoms with E-state index in [0.29, 0.717) is 11.7 Å². The average Bonchev–Trinajstić information content (AvgIpc) is 2.52. The maximum absolute atomic E-state index is 12.4. The lowest BCUT2D eigenvalue weighted by molar-refractivity contribution is -0.123. The Hall–Kier alpha value is -1.31. The van der Waals surface area contributed by atoms with E-state index >= 15 is 0 Å². The van der Waals surface area contributed by atoms with Crippen LogP contribution in [0.25, 0.3) is 0 Å². The van der Waals surface area contributed by atoms with E-state index in [1.807, 2.05) is 12.1 Å². The lowest BCUT2D eigenvalue weighted by Crippen LogP contribution is -2.23. The molecule has 0 aliphatic heterocycles. The molecule has 2 atom stereocenters. The SMILES string of the molecule is CCCC[C@H]1CC[C@H](c2ccc(OCCC)cc2)C(=O)C1. The second-order valence-electron chi connectivity index (χ2n) is 6.23. The average molecular weight is 288 g/mol. The highest BCUT2D eigenvalue weighted by Gasteiger charge is 2.29. The Kier molecular flexibility index (Phi) is 6.28. The number of hydrogen-bond acceptors (Lipinski definition) is 2. The molecule has 0 heterocycles. The number of rotatable bonds is 7. The van der Waals surface area contributed by atoms with Gasteiger partial charge in [0.1, 0.15) is 11.5 Å². The minimum absolute atomic E-state index is 0.114. The van der Waals surface area contributed by atoms with Crippen molar-refractivity contribution in [2.45, 2.75) is 64.7 Å². The van der Waals surface area contributed by atoms with Crippen LogP contribution in [0.5, 0.6) is 5.75 Å². The summed E-state index contributed by atoms with van der Waals surface area (Å²) in [7, 11) is 0. The van der Waals surface area contributed by atoms with E-state index in [2.05, 4.69) is 26.0 Å². The topological polar surface area (TPSA) is 26.3 Å². The maximum atomic E-state index is 12.4. The highest BCUT2D eigenvalue weighted by Crippen LogP contribution is 2.35. The van der Waals surface area contributed by atoms with Crippen LogP contribution >= 0.6 is 0 Å². The molecule has 2 nitrogen and oxygen atoms in total. The van der Waals surface area contributed by atoms with Crippen LogP contribution in [0.15, 0.2) is 24.3 Å². The number of benzene rings is 1. The minimum Gasteiger partial charge on any atom is -0.494 e. The molecule has 0 N–H and O–H groups in total. The first-order valence-corrected chi connectivity index (χ1v) is 8.50. The van der Waals surface area contributed by atoms with Crippen LogP contribution in [0.1, 0.15) is 70.3 Å². The van der Waals surface area contributed by atoms with Gasteiger partial charge in [0, 0.05) is 12.3 Å². The highest BCUT2D eigenvalue weighted by atomic mass is 16.5. The number of Topliss-reactive ketones (excluding diaryl/α,β-unsaturated/α-hetero) is 1. The molecule has 1 aliphatic rings. The number of carbonyl (C=O) groups is 1. The molecule has 1 aromatic rings. The third-order valence-electron chi connectivity index (χ3n) is 4.46. The summed E-state index contributed by atoms with van der Waals surface area (Å²) in [6.07, 6.45) is 7.71. The molecule has 0 radical (unpaired) electrons. The number of ether oxygens (including phenoxy) is 1. The van der Waals surface area contributed by atoms with Crippen molar-refractivity contribution < 1.29 is 9.53 Å². The van der Waals surface area contributed by atoms with E-state index in [9.17, 15) is 4.79 Å². The molecule has 0 bridgehead atoms. The molecule has 21 heavy (non-hydrogen) atoms. The molecule has 2 heteroatoms. The molecule has 1 aliphatic carbocycles. The Morgan fingerprint density at radius 3 is 2.48 bits per heavy atom. The molecule has 1 saturated carbocycles. The van der Waals surface area contributed by atoms with Gasteiger partial charge in [-0.15, -0.1) is 0 Å². The first-order chi connectivity index (χ1) is 10.2. The Labute approximate surface area is 128 Å². The quantitative estimate of drug-likeness (QED) is 0.696. The lowest BCUT2D eigenvalue weighted by atomic mass is 9.76. The van der Waals surface area contributed by atoms with Crippen LogP contribution in [-0.4, -0.2) is 12.4 Å². The van der Waals surface area contributed by atoms with Crippen LogP contribution < -0.4 is 4.74 Å². The van der Waals surface area contributed by atoms with Crippen LogP contribution in [0.2, 0.25) is 0 Å². The second-order valence-corrected chi connectivity index (χ2v) is 6.23. The zero-order chi connectivity index (χ0) is 15.1. The first-order valence-electron chi connectivity index (χ1n) is 8.50. The van der Waals surface area contributed by atoms with Crippen molar-refractivity contribution in [1.82, 2.24) is 0 Å². The van der Waals surface area contributed by atoms with Gasteiger partial charge in [0.25, 0.3) is 0 Å². The molecular formula is C19H28O2. The maximum Gasteiger partial charge on any atom is 0.140 e. The van der Waals surface area contributed by atoms with Gasteiger partial charge in [0.15, 0.2) is 0 Å². The molecule has 0 amide bonds. The first kappa shape index (κ1) is 16.1. The molecule has 0 saturated heterocycles. The van der Waals surface area contributed by atoms with Gasteiger partial charge in [0.05, 0.1) is 6.61 Å². The third kappa shape index (κ3) is 4.59. The summed E-state index contributed by atoms with van der Waals surface area (Å²) in [5, 5.41) is 0. The van der Waals surface area contributed by atoms with E-state index in [4.69, 9.17) is 4.74 Å². The van der Waals surface area contributed by atoms with Crippen LogP contribution in [0, 0.1) is 5.92 Å². The van der Waals surface area contributed by atoms with E-state index in [1.165, 1.54) is 25.7 Å². The summed E-state index contributed by atoms with van der Waals surface area (Å²) >= 11 is 0.